The molecule has 0 fully saturated rings. The Kier molecular flexibility index (Phi) is 4.76. The van der Waals surface area contributed by atoms with Crippen molar-refractivity contribution in [1.29, 1.82) is 0 Å². The maximum Gasteiger partial charge on any atom is 0.247 e. The van der Waals surface area contributed by atoms with Gasteiger partial charge in [0.2, 0.25) is 20.0 Å². The maximum absolute atomic E-state index is 12.2. The first kappa shape index (κ1) is 18.4. The van der Waals surface area contributed by atoms with E-state index in [1.807, 2.05) is 30.3 Å². The van der Waals surface area contributed by atoms with Crippen LogP contribution in [0, 0.1) is 0 Å². The summed E-state index contributed by atoms with van der Waals surface area (Å²) in [4.78, 5) is 0. The van der Waals surface area contributed by atoms with Crippen molar-refractivity contribution in [3.05, 3.63) is 65.7 Å². The molecule has 2 aromatic rings. The van der Waals surface area contributed by atoms with Crippen LogP contribution in [0.1, 0.15) is 23.6 Å². The first-order chi connectivity index (χ1) is 12.1. The number of rotatable bonds is 5. The fourth-order valence-electron chi connectivity index (χ4n) is 2.87. The Hall–Kier alpha value is -2.39. The van der Waals surface area contributed by atoms with Gasteiger partial charge in [0.15, 0.2) is 0 Å². The fourth-order valence-corrected chi connectivity index (χ4v) is 4.33. The highest BCUT2D eigenvalue weighted by atomic mass is 32.2. The summed E-state index contributed by atoms with van der Waals surface area (Å²) in [5.41, 5.74) is 2.51. The lowest BCUT2D eigenvalue weighted by Gasteiger charge is -2.21. The van der Waals surface area contributed by atoms with Crippen LogP contribution in [0.5, 0.6) is 0 Å². The molecule has 0 bridgehead atoms. The predicted octanol–water partition coefficient (Wildman–Crippen LogP) is 2.17. The second kappa shape index (κ2) is 6.73. The van der Waals surface area contributed by atoms with Crippen molar-refractivity contribution in [1.82, 2.24) is 4.41 Å². The van der Waals surface area contributed by atoms with Gasteiger partial charge in [0.05, 0.1) is 24.3 Å². The zero-order valence-corrected chi connectivity index (χ0v) is 16.0. The molecular formula is C17H19N3O4S2. The van der Waals surface area contributed by atoms with E-state index in [1.54, 1.807) is 24.3 Å². The molecule has 1 aliphatic rings. The van der Waals surface area contributed by atoms with Crippen LogP contribution in [0.2, 0.25) is 0 Å². The third-order valence-corrected chi connectivity index (χ3v) is 5.52. The Morgan fingerprint density at radius 2 is 1.69 bits per heavy atom. The number of hydrogen-bond acceptors (Lipinski definition) is 5. The van der Waals surface area contributed by atoms with Gasteiger partial charge in [0.1, 0.15) is 0 Å². The van der Waals surface area contributed by atoms with E-state index < -0.39 is 26.1 Å². The maximum atomic E-state index is 12.2. The van der Waals surface area contributed by atoms with Crippen LogP contribution in [0.25, 0.3) is 0 Å². The van der Waals surface area contributed by atoms with Crippen molar-refractivity contribution in [2.24, 2.45) is 5.10 Å². The summed E-state index contributed by atoms with van der Waals surface area (Å²) in [7, 11) is -6.95. The van der Waals surface area contributed by atoms with E-state index in [0.29, 0.717) is 23.4 Å². The van der Waals surface area contributed by atoms with Crippen molar-refractivity contribution >= 4 is 31.4 Å². The Balaban J connectivity index is 1.97. The van der Waals surface area contributed by atoms with Gasteiger partial charge in [-0.3, -0.25) is 4.72 Å². The minimum atomic E-state index is -3.55. The molecule has 0 aromatic heterocycles. The molecule has 1 atom stereocenters. The molecule has 3 rings (SSSR count). The van der Waals surface area contributed by atoms with Gasteiger partial charge in [0, 0.05) is 12.1 Å². The summed E-state index contributed by atoms with van der Waals surface area (Å²) in [5, 5.41) is 4.31. The normalized spacial score (nSPS) is 17.8. The lowest BCUT2D eigenvalue weighted by Crippen LogP contribution is -2.25. The summed E-state index contributed by atoms with van der Waals surface area (Å²) >= 11 is 0. The van der Waals surface area contributed by atoms with Crippen LogP contribution in [-0.4, -0.2) is 39.5 Å². The average molecular weight is 393 g/mol. The van der Waals surface area contributed by atoms with Gasteiger partial charge < -0.3 is 0 Å². The van der Waals surface area contributed by atoms with Crippen molar-refractivity contribution in [3.63, 3.8) is 0 Å². The Labute approximate surface area is 153 Å². The molecule has 7 nitrogen and oxygen atoms in total. The third-order valence-electron chi connectivity index (χ3n) is 3.90. The van der Waals surface area contributed by atoms with Crippen LogP contribution < -0.4 is 4.72 Å². The Morgan fingerprint density at radius 3 is 2.31 bits per heavy atom. The first-order valence-corrected chi connectivity index (χ1v) is 11.6. The molecule has 0 radical (unpaired) electrons. The quantitative estimate of drug-likeness (QED) is 0.842. The Morgan fingerprint density at radius 1 is 1.00 bits per heavy atom. The molecule has 0 spiro atoms. The molecule has 1 aliphatic heterocycles. The molecule has 0 unspecified atom stereocenters. The van der Waals surface area contributed by atoms with E-state index in [-0.39, 0.29) is 0 Å². The average Bonchev–Trinajstić information content (AvgIpc) is 3.00. The molecule has 1 N–H and O–H groups in total. The van der Waals surface area contributed by atoms with Crippen LogP contribution in [0.15, 0.2) is 59.7 Å². The van der Waals surface area contributed by atoms with Gasteiger partial charge in [-0.25, -0.2) is 16.8 Å². The van der Waals surface area contributed by atoms with Crippen molar-refractivity contribution < 1.29 is 16.8 Å². The molecule has 26 heavy (non-hydrogen) atoms. The van der Waals surface area contributed by atoms with Gasteiger partial charge >= 0.3 is 0 Å². The highest BCUT2D eigenvalue weighted by Gasteiger charge is 2.34. The minimum absolute atomic E-state index is 0.402. The number of benzene rings is 2. The minimum Gasteiger partial charge on any atom is -0.284 e. The van der Waals surface area contributed by atoms with Gasteiger partial charge in [-0.05, 0) is 23.3 Å². The zero-order valence-electron chi connectivity index (χ0n) is 14.3. The predicted molar refractivity (Wildman–Crippen MR) is 102 cm³/mol. The first-order valence-electron chi connectivity index (χ1n) is 7.83. The molecule has 0 aliphatic carbocycles. The number of sulfonamides is 2. The lowest BCUT2D eigenvalue weighted by molar-refractivity contribution is 0.375. The third kappa shape index (κ3) is 4.23. The van der Waals surface area contributed by atoms with Crippen LogP contribution >= 0.6 is 0 Å². The number of nitrogens with one attached hydrogen (secondary N) is 1. The summed E-state index contributed by atoms with van der Waals surface area (Å²) in [6, 6.07) is 15.6. The van der Waals surface area contributed by atoms with E-state index in [1.165, 1.54) is 0 Å². The molecule has 138 valence electrons. The van der Waals surface area contributed by atoms with Crippen LogP contribution in [-0.2, 0) is 20.0 Å². The van der Waals surface area contributed by atoms with Gasteiger partial charge in [-0.2, -0.15) is 9.52 Å². The van der Waals surface area contributed by atoms with E-state index in [9.17, 15) is 16.8 Å². The highest BCUT2D eigenvalue weighted by molar-refractivity contribution is 7.92. The molecule has 0 saturated carbocycles. The summed E-state index contributed by atoms with van der Waals surface area (Å²) < 4.78 is 50.7. The smallest absolute Gasteiger partial charge is 0.247 e. The molecule has 2 aromatic carbocycles. The fraction of sp³-hybridized carbons (Fsp3) is 0.235. The standard InChI is InChI=1S/C17H19N3O4S2/c1-25(21,22)19-15-10-6-9-14(11-15)16-12-17(13-7-4-3-5-8-13)20(18-16)26(2,23)24/h3-11,17,19H,12H2,1-2H3/t17-/m1/s1. The summed E-state index contributed by atoms with van der Waals surface area (Å²) in [5.74, 6) is 0. The second-order valence-corrected chi connectivity index (χ2v) is 9.76. The monoisotopic (exact) mass is 393 g/mol. The van der Waals surface area contributed by atoms with E-state index in [4.69, 9.17) is 0 Å². The number of anilines is 1. The SMILES string of the molecule is CS(=O)(=O)Nc1cccc(C2=NN(S(C)(=O)=O)[C@@H](c3ccccc3)C2)c1. The summed E-state index contributed by atoms with van der Waals surface area (Å²) in [6.45, 7) is 0. The van der Waals surface area contributed by atoms with Gasteiger partial charge in [-0.15, -0.1) is 0 Å². The molecule has 9 heteroatoms. The highest BCUT2D eigenvalue weighted by Crippen LogP contribution is 2.34. The van der Waals surface area contributed by atoms with Gasteiger partial charge in [-0.1, -0.05) is 42.5 Å². The topological polar surface area (TPSA) is 95.9 Å². The van der Waals surface area contributed by atoms with Crippen molar-refractivity contribution in [2.45, 2.75) is 12.5 Å². The largest absolute Gasteiger partial charge is 0.284 e. The van der Waals surface area contributed by atoms with Crippen LogP contribution in [0.3, 0.4) is 0 Å². The Bertz CT molecular complexity index is 1050. The lowest BCUT2D eigenvalue weighted by atomic mass is 9.99. The summed E-state index contributed by atoms with van der Waals surface area (Å²) in [6.07, 6.45) is 2.60. The number of hydrogen-bond donors (Lipinski definition) is 1. The molecule has 0 amide bonds. The number of nitrogens with zero attached hydrogens (tertiary/aromatic N) is 2. The van der Waals surface area contributed by atoms with Gasteiger partial charge in [0.25, 0.3) is 0 Å². The molecule has 1 heterocycles. The van der Waals surface area contributed by atoms with E-state index >= 15 is 0 Å². The second-order valence-electron chi connectivity index (χ2n) is 6.17. The van der Waals surface area contributed by atoms with Crippen LogP contribution in [0.4, 0.5) is 5.69 Å². The van der Waals surface area contributed by atoms with E-state index in [2.05, 4.69) is 9.82 Å². The zero-order chi connectivity index (χ0) is 18.9. The van der Waals surface area contributed by atoms with Crippen molar-refractivity contribution in [3.8, 4) is 0 Å². The molecule has 0 saturated heterocycles. The van der Waals surface area contributed by atoms with Crippen molar-refractivity contribution in [2.75, 3.05) is 17.2 Å². The molecular weight excluding hydrogens is 374 g/mol. The number of hydrazone groups is 1. The van der Waals surface area contributed by atoms with E-state index in [0.717, 1.165) is 22.5 Å².